The number of anilines is 3. The van der Waals surface area contributed by atoms with Crippen LogP contribution in [0.5, 0.6) is 0 Å². The zero-order valence-electron chi connectivity index (χ0n) is 13.4. The van der Waals surface area contributed by atoms with Crippen molar-refractivity contribution in [2.45, 2.75) is 6.92 Å². The smallest absolute Gasteiger partial charge is 0.257 e. The molecule has 0 aliphatic rings. The first-order valence-corrected chi connectivity index (χ1v) is 7.94. The lowest BCUT2D eigenvalue weighted by Gasteiger charge is -2.10. The largest absolute Gasteiger partial charge is 0.354 e. The number of aromatic nitrogens is 1. The van der Waals surface area contributed by atoms with Crippen LogP contribution in [0.25, 0.3) is 0 Å². The summed E-state index contributed by atoms with van der Waals surface area (Å²) in [7, 11) is 0. The lowest BCUT2D eigenvalue weighted by molar-refractivity contribution is 0.102. The van der Waals surface area contributed by atoms with Gasteiger partial charge in [-0.2, -0.15) is 0 Å². The maximum absolute atomic E-state index is 12.9. The molecule has 1 heterocycles. The van der Waals surface area contributed by atoms with E-state index in [1.807, 2.05) is 25.1 Å². The van der Waals surface area contributed by atoms with E-state index in [9.17, 15) is 9.18 Å². The fourth-order valence-electron chi connectivity index (χ4n) is 2.21. The van der Waals surface area contributed by atoms with Crippen molar-refractivity contribution >= 4 is 34.6 Å². The minimum Gasteiger partial charge on any atom is -0.354 e. The summed E-state index contributed by atoms with van der Waals surface area (Å²) in [6.45, 7) is 1.92. The number of aryl methyl sites for hydroxylation is 1. The fourth-order valence-corrected chi connectivity index (χ4v) is 2.39. The van der Waals surface area contributed by atoms with Crippen LogP contribution in [-0.2, 0) is 0 Å². The molecule has 0 saturated carbocycles. The Balaban J connectivity index is 1.75. The number of halogens is 2. The van der Waals surface area contributed by atoms with Gasteiger partial charge in [-0.05, 0) is 55.0 Å². The van der Waals surface area contributed by atoms with Crippen molar-refractivity contribution in [1.82, 2.24) is 4.98 Å². The van der Waals surface area contributed by atoms with Crippen molar-refractivity contribution < 1.29 is 9.18 Å². The molecule has 2 aromatic carbocycles. The molecule has 0 fully saturated rings. The molecule has 2 N–H and O–H groups in total. The summed E-state index contributed by atoms with van der Waals surface area (Å²) in [5.74, 6) is -0.688. The number of amides is 1. The van der Waals surface area contributed by atoms with Gasteiger partial charge in [-0.3, -0.25) is 9.78 Å². The summed E-state index contributed by atoms with van der Waals surface area (Å²) >= 11 is 6.12. The number of nitrogens with one attached hydrogen (secondary N) is 2. The number of pyridine rings is 1. The third-order valence-electron chi connectivity index (χ3n) is 3.56. The topological polar surface area (TPSA) is 54.0 Å². The van der Waals surface area contributed by atoms with Crippen molar-refractivity contribution in [3.8, 4) is 0 Å². The number of carbonyl (C=O) groups is 1. The van der Waals surface area contributed by atoms with E-state index in [1.54, 1.807) is 12.3 Å². The third-order valence-corrected chi connectivity index (χ3v) is 3.97. The van der Waals surface area contributed by atoms with Gasteiger partial charge in [0.15, 0.2) is 0 Å². The first-order chi connectivity index (χ1) is 12.0. The highest BCUT2D eigenvalue weighted by atomic mass is 35.5. The van der Waals surface area contributed by atoms with Gasteiger partial charge in [0, 0.05) is 22.6 Å². The molecule has 0 aliphatic heterocycles. The summed E-state index contributed by atoms with van der Waals surface area (Å²) < 4.78 is 12.9. The number of nitrogens with zero attached hydrogens (tertiary/aromatic N) is 1. The number of hydrogen-bond acceptors (Lipinski definition) is 3. The Hall–Kier alpha value is -2.92. The zero-order valence-corrected chi connectivity index (χ0v) is 14.1. The van der Waals surface area contributed by atoms with Crippen molar-refractivity contribution in [2.24, 2.45) is 0 Å². The van der Waals surface area contributed by atoms with E-state index in [0.717, 1.165) is 11.3 Å². The van der Waals surface area contributed by atoms with Crippen LogP contribution in [0.3, 0.4) is 0 Å². The second-order valence-corrected chi connectivity index (χ2v) is 5.92. The van der Waals surface area contributed by atoms with Gasteiger partial charge < -0.3 is 10.6 Å². The van der Waals surface area contributed by atoms with E-state index in [2.05, 4.69) is 15.6 Å². The van der Waals surface area contributed by atoms with Crippen LogP contribution in [0.4, 0.5) is 21.5 Å². The number of rotatable bonds is 4. The molecule has 126 valence electrons. The van der Waals surface area contributed by atoms with Gasteiger partial charge in [-0.1, -0.05) is 17.7 Å². The molecule has 0 radical (unpaired) electrons. The van der Waals surface area contributed by atoms with Crippen molar-refractivity contribution in [2.75, 3.05) is 10.6 Å². The van der Waals surface area contributed by atoms with E-state index in [0.29, 0.717) is 22.0 Å². The molecule has 0 aliphatic carbocycles. The van der Waals surface area contributed by atoms with Crippen LogP contribution in [0.15, 0.2) is 60.9 Å². The molecule has 0 atom stereocenters. The molecule has 6 heteroatoms. The first-order valence-electron chi connectivity index (χ1n) is 7.56. The summed E-state index contributed by atoms with van der Waals surface area (Å²) in [4.78, 5) is 16.4. The van der Waals surface area contributed by atoms with Gasteiger partial charge in [0.05, 0.1) is 17.4 Å². The van der Waals surface area contributed by atoms with Gasteiger partial charge in [0.25, 0.3) is 5.91 Å². The van der Waals surface area contributed by atoms with E-state index in [4.69, 9.17) is 11.6 Å². The molecule has 0 bridgehead atoms. The lowest BCUT2D eigenvalue weighted by Crippen LogP contribution is -2.12. The van der Waals surface area contributed by atoms with Gasteiger partial charge in [0.2, 0.25) is 0 Å². The molecular weight excluding hydrogens is 341 g/mol. The zero-order chi connectivity index (χ0) is 17.8. The standard InChI is InChI=1S/C19H15ClFN3O/c1-12-2-5-16(9-18(12)20)23-17-8-13(10-22-11-17)19(25)24-15-6-3-14(21)4-7-15/h2-11,23H,1H3,(H,24,25). The van der Waals surface area contributed by atoms with Crippen molar-refractivity contribution in [3.63, 3.8) is 0 Å². The Kier molecular flexibility index (Phi) is 4.95. The quantitative estimate of drug-likeness (QED) is 0.678. The number of carbonyl (C=O) groups excluding carboxylic acids is 1. The summed E-state index contributed by atoms with van der Waals surface area (Å²) in [6, 6.07) is 12.9. The minimum absolute atomic E-state index is 0.329. The molecule has 3 aromatic rings. The Morgan fingerprint density at radius 2 is 1.72 bits per heavy atom. The molecular formula is C19H15ClFN3O. The second-order valence-electron chi connectivity index (χ2n) is 5.51. The van der Waals surface area contributed by atoms with Crippen LogP contribution < -0.4 is 10.6 Å². The highest BCUT2D eigenvalue weighted by Gasteiger charge is 2.08. The third kappa shape index (κ3) is 4.33. The van der Waals surface area contributed by atoms with E-state index < -0.39 is 0 Å². The van der Waals surface area contributed by atoms with Crippen molar-refractivity contribution in [1.29, 1.82) is 0 Å². The average molecular weight is 356 g/mol. The van der Waals surface area contributed by atoms with E-state index in [1.165, 1.54) is 30.5 Å². The molecule has 4 nitrogen and oxygen atoms in total. The molecule has 25 heavy (non-hydrogen) atoms. The molecule has 1 amide bonds. The van der Waals surface area contributed by atoms with Crippen LogP contribution in [0.2, 0.25) is 5.02 Å². The fraction of sp³-hybridized carbons (Fsp3) is 0.0526. The molecule has 0 spiro atoms. The van der Waals surface area contributed by atoms with Gasteiger partial charge in [-0.25, -0.2) is 4.39 Å². The molecule has 3 rings (SSSR count). The van der Waals surface area contributed by atoms with Crippen molar-refractivity contribution in [3.05, 3.63) is 82.9 Å². The molecule has 0 saturated heterocycles. The Labute approximate surface area is 149 Å². The predicted octanol–water partition coefficient (Wildman–Crippen LogP) is 5.18. The monoisotopic (exact) mass is 355 g/mol. The van der Waals surface area contributed by atoms with Crippen LogP contribution >= 0.6 is 11.6 Å². The summed E-state index contributed by atoms with van der Waals surface area (Å²) in [6.07, 6.45) is 3.08. The average Bonchev–Trinajstić information content (AvgIpc) is 2.60. The highest BCUT2D eigenvalue weighted by Crippen LogP contribution is 2.23. The van der Waals surface area contributed by atoms with Gasteiger partial charge in [-0.15, -0.1) is 0 Å². The first kappa shape index (κ1) is 16.9. The normalized spacial score (nSPS) is 10.4. The van der Waals surface area contributed by atoms with Crippen LogP contribution in [0, 0.1) is 12.7 Å². The highest BCUT2D eigenvalue weighted by molar-refractivity contribution is 6.31. The van der Waals surface area contributed by atoms with Gasteiger partial charge >= 0.3 is 0 Å². The second kappa shape index (κ2) is 7.32. The summed E-state index contributed by atoms with van der Waals surface area (Å²) in [5, 5.41) is 6.52. The molecule has 0 unspecified atom stereocenters. The molecule has 1 aromatic heterocycles. The number of hydrogen-bond donors (Lipinski definition) is 2. The van der Waals surface area contributed by atoms with Crippen LogP contribution in [-0.4, -0.2) is 10.9 Å². The predicted molar refractivity (Wildman–Crippen MR) is 98.1 cm³/mol. The maximum Gasteiger partial charge on any atom is 0.257 e. The van der Waals surface area contributed by atoms with Crippen LogP contribution in [0.1, 0.15) is 15.9 Å². The van der Waals surface area contributed by atoms with Gasteiger partial charge in [0.1, 0.15) is 5.82 Å². The van der Waals surface area contributed by atoms with E-state index in [-0.39, 0.29) is 11.7 Å². The Bertz CT molecular complexity index is 913. The Morgan fingerprint density at radius 3 is 2.44 bits per heavy atom. The minimum atomic E-state index is -0.359. The lowest BCUT2D eigenvalue weighted by atomic mass is 10.2. The summed E-state index contributed by atoms with van der Waals surface area (Å²) in [5.41, 5.74) is 3.33. The Morgan fingerprint density at radius 1 is 1.00 bits per heavy atom. The SMILES string of the molecule is Cc1ccc(Nc2cncc(C(=O)Nc3ccc(F)cc3)c2)cc1Cl. The maximum atomic E-state index is 12.9. The number of benzene rings is 2. The van der Waals surface area contributed by atoms with E-state index >= 15 is 0 Å².